The van der Waals surface area contributed by atoms with Crippen LogP contribution in [0.25, 0.3) is 0 Å². The molecule has 1 amide bonds. The van der Waals surface area contributed by atoms with E-state index in [1.165, 1.54) is 14.2 Å². The molecule has 0 saturated heterocycles. The highest BCUT2D eigenvalue weighted by Gasteiger charge is 2.06. The number of guanidine groups is 2. The van der Waals surface area contributed by atoms with Gasteiger partial charge in [0.05, 0.1) is 25.6 Å². The summed E-state index contributed by atoms with van der Waals surface area (Å²) in [6.45, 7) is 0. The zero-order chi connectivity index (χ0) is 19.6. The summed E-state index contributed by atoms with van der Waals surface area (Å²) in [7, 11) is 2.87. The number of nitrogens with one attached hydrogen (secondary N) is 3. The Kier molecular flexibility index (Phi) is 7.11. The molecule has 0 atom stereocenters. The molecule has 0 aliphatic rings. The Hall–Kier alpha value is -3.63. The molecule has 0 unspecified atom stereocenters. The second-order valence-electron chi connectivity index (χ2n) is 5.15. The van der Waals surface area contributed by atoms with Crippen molar-refractivity contribution in [2.75, 3.05) is 19.5 Å². The summed E-state index contributed by atoms with van der Waals surface area (Å²) in [6, 6.07) is 13.5. The Labute approximate surface area is 156 Å². The van der Waals surface area contributed by atoms with Gasteiger partial charge in [-0.15, -0.1) is 0 Å². The highest BCUT2D eigenvalue weighted by atomic mass is 16.6. The standard InChI is InChI=1S/C17H21N7O3/c1-26-23-16(18)21-13-5-3-11(4-6-13)15(25)20-12-7-9-14(10-8-12)22-17(19)24-27-2/h3-10H,1-2H3,(H,20,25)(H3,18,21,23)(H3,19,22,24). The Bertz CT molecular complexity index is 817. The lowest BCUT2D eigenvalue weighted by Gasteiger charge is -2.07. The molecule has 7 N–H and O–H groups in total. The van der Waals surface area contributed by atoms with Gasteiger partial charge in [0.25, 0.3) is 5.91 Å². The number of carbonyl (C=O) groups excluding carboxylic acids is 1. The molecule has 0 saturated carbocycles. The fourth-order valence-corrected chi connectivity index (χ4v) is 2.04. The summed E-state index contributed by atoms with van der Waals surface area (Å²) in [4.78, 5) is 29.8. The predicted octanol–water partition coefficient (Wildman–Crippen LogP) is 1.13. The van der Waals surface area contributed by atoms with Crippen LogP contribution >= 0.6 is 0 Å². The van der Waals surface area contributed by atoms with Crippen LogP contribution in [-0.2, 0) is 9.68 Å². The summed E-state index contributed by atoms with van der Waals surface area (Å²) in [5, 5.41) is 2.79. The average molecular weight is 371 g/mol. The molecule has 10 heteroatoms. The van der Waals surface area contributed by atoms with Crippen LogP contribution in [-0.4, -0.2) is 32.0 Å². The molecule has 0 fully saturated rings. The van der Waals surface area contributed by atoms with Gasteiger partial charge in [-0.3, -0.25) is 14.5 Å². The number of aliphatic imine (C=N–C) groups is 2. The van der Waals surface area contributed by atoms with Crippen molar-refractivity contribution >= 4 is 34.9 Å². The van der Waals surface area contributed by atoms with Gasteiger partial charge < -0.3 is 16.8 Å². The molecule has 0 spiro atoms. The van der Waals surface area contributed by atoms with Crippen molar-refractivity contribution in [2.24, 2.45) is 21.5 Å². The Morgan fingerprint density at radius 2 is 1.26 bits per heavy atom. The minimum Gasteiger partial charge on any atom is -0.368 e. The number of hydrogen-bond donors (Lipinski definition) is 5. The summed E-state index contributed by atoms with van der Waals surface area (Å²) in [6.07, 6.45) is 0. The number of carbonyl (C=O) groups is 1. The fraction of sp³-hybridized carbons (Fsp3) is 0.118. The van der Waals surface area contributed by atoms with Gasteiger partial charge in [0.1, 0.15) is 0 Å². The summed E-state index contributed by atoms with van der Waals surface area (Å²) in [5.41, 5.74) is 18.3. The molecule has 0 radical (unpaired) electrons. The van der Waals surface area contributed by atoms with Crippen LogP contribution in [0.15, 0.2) is 58.5 Å². The van der Waals surface area contributed by atoms with E-state index in [0.717, 1.165) is 0 Å². The van der Waals surface area contributed by atoms with Crippen molar-refractivity contribution < 1.29 is 14.5 Å². The van der Waals surface area contributed by atoms with Crippen molar-refractivity contribution in [2.45, 2.75) is 0 Å². The normalized spacial score (nSPS) is 11.8. The van der Waals surface area contributed by atoms with Crippen LogP contribution in [0.5, 0.6) is 0 Å². The van der Waals surface area contributed by atoms with E-state index in [2.05, 4.69) is 35.9 Å². The lowest BCUT2D eigenvalue weighted by molar-refractivity contribution is 0.102. The largest absolute Gasteiger partial charge is 0.368 e. The van der Waals surface area contributed by atoms with E-state index >= 15 is 0 Å². The maximum Gasteiger partial charge on any atom is 0.255 e. The first-order valence-electron chi connectivity index (χ1n) is 7.79. The zero-order valence-corrected chi connectivity index (χ0v) is 14.9. The molecule has 0 aliphatic heterocycles. The molecule has 0 aliphatic carbocycles. The van der Waals surface area contributed by atoms with E-state index < -0.39 is 0 Å². The first kappa shape index (κ1) is 19.7. The highest BCUT2D eigenvalue weighted by Crippen LogP contribution is 2.18. The average Bonchev–Trinajstić information content (AvgIpc) is 2.64. The van der Waals surface area contributed by atoms with Gasteiger partial charge in [-0.2, -0.15) is 0 Å². The number of anilines is 1. The van der Waals surface area contributed by atoms with Crippen molar-refractivity contribution in [3.8, 4) is 0 Å². The number of nitrogens with two attached hydrogens (primary N) is 2. The van der Waals surface area contributed by atoms with Gasteiger partial charge in [-0.1, -0.05) is 0 Å². The van der Waals surface area contributed by atoms with Gasteiger partial charge in [-0.25, -0.2) is 20.9 Å². The van der Waals surface area contributed by atoms with E-state index in [0.29, 0.717) is 22.6 Å². The molecule has 10 nitrogen and oxygen atoms in total. The third-order valence-electron chi connectivity index (χ3n) is 3.17. The molecule has 2 aromatic rings. The van der Waals surface area contributed by atoms with Crippen molar-refractivity contribution in [1.82, 2.24) is 11.0 Å². The first-order valence-corrected chi connectivity index (χ1v) is 7.79. The highest BCUT2D eigenvalue weighted by molar-refractivity contribution is 6.04. The number of hydroxylamine groups is 2. The Balaban J connectivity index is 2.00. The molecular formula is C17H21N7O3. The molecular weight excluding hydrogens is 350 g/mol. The Morgan fingerprint density at radius 1 is 0.815 bits per heavy atom. The van der Waals surface area contributed by atoms with Gasteiger partial charge in [0, 0.05) is 11.3 Å². The summed E-state index contributed by atoms with van der Waals surface area (Å²) < 4.78 is 0. The lowest BCUT2D eigenvalue weighted by Crippen LogP contribution is -2.30. The second kappa shape index (κ2) is 9.75. The molecule has 142 valence electrons. The zero-order valence-electron chi connectivity index (χ0n) is 14.9. The van der Waals surface area contributed by atoms with Crippen LogP contribution in [0.4, 0.5) is 17.1 Å². The van der Waals surface area contributed by atoms with Crippen molar-refractivity contribution in [3.05, 3.63) is 54.1 Å². The molecule has 0 bridgehead atoms. The SMILES string of the molecule is CONC(N)=Nc1ccc(NC(=O)c2ccc(N=C(N)NOC)cc2)cc1. The van der Waals surface area contributed by atoms with Crippen LogP contribution in [0.3, 0.4) is 0 Å². The van der Waals surface area contributed by atoms with Gasteiger partial charge in [0.15, 0.2) is 0 Å². The van der Waals surface area contributed by atoms with Gasteiger partial charge in [-0.05, 0) is 48.5 Å². The minimum absolute atomic E-state index is 0.110. The van der Waals surface area contributed by atoms with Gasteiger partial charge >= 0.3 is 0 Å². The van der Waals surface area contributed by atoms with E-state index in [1.54, 1.807) is 48.5 Å². The maximum atomic E-state index is 12.3. The van der Waals surface area contributed by atoms with Crippen LogP contribution < -0.4 is 27.7 Å². The molecule has 2 rings (SSSR count). The number of amides is 1. The number of rotatable bonds is 6. The van der Waals surface area contributed by atoms with E-state index in [4.69, 9.17) is 11.5 Å². The number of hydrogen-bond acceptors (Lipinski definition) is 5. The first-order chi connectivity index (χ1) is 13.0. The fourth-order valence-electron chi connectivity index (χ4n) is 2.04. The molecule has 27 heavy (non-hydrogen) atoms. The third kappa shape index (κ3) is 6.30. The molecule has 0 aromatic heterocycles. The van der Waals surface area contributed by atoms with E-state index in [9.17, 15) is 4.79 Å². The summed E-state index contributed by atoms with van der Waals surface area (Å²) in [5.74, 6) is -0.0255. The maximum absolute atomic E-state index is 12.3. The third-order valence-corrected chi connectivity index (χ3v) is 3.17. The van der Waals surface area contributed by atoms with Crippen LogP contribution in [0.2, 0.25) is 0 Å². The quantitative estimate of drug-likeness (QED) is 0.290. The van der Waals surface area contributed by atoms with Gasteiger partial charge in [0.2, 0.25) is 11.9 Å². The lowest BCUT2D eigenvalue weighted by atomic mass is 10.2. The van der Waals surface area contributed by atoms with Crippen LogP contribution in [0.1, 0.15) is 10.4 Å². The topological polar surface area (TPSA) is 148 Å². The van der Waals surface area contributed by atoms with Crippen LogP contribution in [0, 0.1) is 0 Å². The van der Waals surface area contributed by atoms with E-state index in [1.807, 2.05) is 0 Å². The number of nitrogens with zero attached hydrogens (tertiary/aromatic N) is 2. The smallest absolute Gasteiger partial charge is 0.255 e. The van der Waals surface area contributed by atoms with Crippen molar-refractivity contribution in [1.29, 1.82) is 0 Å². The van der Waals surface area contributed by atoms with Crippen molar-refractivity contribution in [3.63, 3.8) is 0 Å². The monoisotopic (exact) mass is 371 g/mol. The second-order valence-corrected chi connectivity index (χ2v) is 5.15. The van der Waals surface area contributed by atoms with E-state index in [-0.39, 0.29) is 17.8 Å². The predicted molar refractivity (Wildman–Crippen MR) is 104 cm³/mol. The Morgan fingerprint density at radius 3 is 1.70 bits per heavy atom. The number of benzene rings is 2. The minimum atomic E-state index is -0.259. The molecule has 2 aromatic carbocycles. The summed E-state index contributed by atoms with van der Waals surface area (Å²) >= 11 is 0. The molecule has 0 heterocycles.